The molecule has 0 N–H and O–H groups in total. The maximum Gasteiger partial charge on any atom is 0.137 e. The molecule has 1 heterocycles. The van der Waals surface area contributed by atoms with E-state index in [4.69, 9.17) is 0 Å². The lowest BCUT2D eigenvalue weighted by Gasteiger charge is -2.10. The Morgan fingerprint density at radius 1 is 1.11 bits per heavy atom. The number of halogens is 2. The van der Waals surface area contributed by atoms with Gasteiger partial charge in [-0.15, -0.1) is 0 Å². The maximum atomic E-state index is 13.6. The topological polar surface area (TPSA) is 4.93 Å². The summed E-state index contributed by atoms with van der Waals surface area (Å²) in [6.45, 7) is 2.74. The lowest BCUT2D eigenvalue weighted by molar-refractivity contribution is 0.616. The van der Waals surface area contributed by atoms with E-state index >= 15 is 0 Å². The van der Waals surface area contributed by atoms with Crippen molar-refractivity contribution in [1.82, 2.24) is 4.57 Å². The molecule has 0 unspecified atom stereocenters. The molecule has 0 aliphatic heterocycles. The Morgan fingerprint density at radius 3 is 2.74 bits per heavy atom. The van der Waals surface area contributed by atoms with Crippen LogP contribution in [-0.4, -0.2) is 4.57 Å². The summed E-state index contributed by atoms with van der Waals surface area (Å²) < 4.78 is 16.3. The smallest absolute Gasteiger partial charge is 0.137 e. The van der Waals surface area contributed by atoms with Crippen molar-refractivity contribution in [3.8, 4) is 0 Å². The molecule has 0 spiro atoms. The van der Waals surface area contributed by atoms with Gasteiger partial charge in [0.15, 0.2) is 0 Å². The van der Waals surface area contributed by atoms with Crippen LogP contribution in [0.5, 0.6) is 0 Å². The van der Waals surface area contributed by atoms with E-state index in [1.54, 1.807) is 6.07 Å². The number of para-hydroxylation sites is 1. The van der Waals surface area contributed by atoms with Gasteiger partial charge >= 0.3 is 0 Å². The number of fused-ring (bicyclic) bond motifs is 1. The average molecular weight is 318 g/mol. The first-order valence-electron chi connectivity index (χ1n) is 6.14. The van der Waals surface area contributed by atoms with Gasteiger partial charge in [-0.1, -0.05) is 30.3 Å². The van der Waals surface area contributed by atoms with Crippen molar-refractivity contribution in [2.24, 2.45) is 0 Å². The Balaban J connectivity index is 2.11. The molecule has 0 amide bonds. The lowest BCUT2D eigenvalue weighted by atomic mass is 10.2. The highest BCUT2D eigenvalue weighted by Crippen LogP contribution is 2.25. The lowest BCUT2D eigenvalue weighted by Crippen LogP contribution is -2.02. The Bertz CT molecular complexity index is 746. The van der Waals surface area contributed by atoms with E-state index in [2.05, 4.69) is 45.6 Å². The molecule has 3 heteroatoms. The third-order valence-corrected chi connectivity index (χ3v) is 4.27. The van der Waals surface area contributed by atoms with Crippen LogP contribution in [0.25, 0.3) is 10.9 Å². The van der Waals surface area contributed by atoms with Gasteiger partial charge in [0, 0.05) is 17.8 Å². The van der Waals surface area contributed by atoms with E-state index in [-0.39, 0.29) is 5.82 Å². The van der Waals surface area contributed by atoms with Crippen LogP contribution >= 0.6 is 15.9 Å². The molecule has 0 saturated heterocycles. The molecule has 0 aliphatic rings. The molecule has 1 nitrogen and oxygen atoms in total. The largest absolute Gasteiger partial charge is 0.340 e. The van der Waals surface area contributed by atoms with Gasteiger partial charge in [0.05, 0.1) is 4.47 Å². The van der Waals surface area contributed by atoms with E-state index in [9.17, 15) is 4.39 Å². The van der Waals surface area contributed by atoms with E-state index in [0.29, 0.717) is 11.0 Å². The van der Waals surface area contributed by atoms with Crippen LogP contribution in [0.3, 0.4) is 0 Å². The molecule has 0 saturated carbocycles. The summed E-state index contributed by atoms with van der Waals surface area (Å²) in [6, 6.07) is 15.6. The van der Waals surface area contributed by atoms with Gasteiger partial charge < -0.3 is 4.57 Å². The zero-order chi connectivity index (χ0) is 13.4. The van der Waals surface area contributed by atoms with E-state index < -0.39 is 0 Å². The van der Waals surface area contributed by atoms with Crippen molar-refractivity contribution < 1.29 is 4.39 Å². The molecule has 96 valence electrons. The number of nitrogens with zero attached hydrogens (tertiary/aromatic N) is 1. The number of aryl methyl sites for hydroxylation is 1. The fraction of sp³-hybridized carbons (Fsp3) is 0.125. The van der Waals surface area contributed by atoms with Gasteiger partial charge in [-0.3, -0.25) is 0 Å². The van der Waals surface area contributed by atoms with Gasteiger partial charge in [-0.25, -0.2) is 4.39 Å². The highest BCUT2D eigenvalue weighted by Gasteiger charge is 2.09. The molecule has 3 rings (SSSR count). The van der Waals surface area contributed by atoms with Crippen LogP contribution in [0.2, 0.25) is 0 Å². The maximum absolute atomic E-state index is 13.6. The van der Waals surface area contributed by atoms with Crippen LogP contribution < -0.4 is 0 Å². The monoisotopic (exact) mass is 317 g/mol. The number of hydrogen-bond acceptors (Lipinski definition) is 0. The van der Waals surface area contributed by atoms with Crippen molar-refractivity contribution >= 4 is 26.8 Å². The molecular weight excluding hydrogens is 305 g/mol. The Kier molecular flexibility index (Phi) is 3.15. The number of benzene rings is 2. The van der Waals surface area contributed by atoms with Gasteiger partial charge in [0.25, 0.3) is 0 Å². The molecule has 0 bridgehead atoms. The predicted octanol–water partition coefficient (Wildman–Crippen LogP) is 4.90. The Labute approximate surface area is 119 Å². The summed E-state index contributed by atoms with van der Waals surface area (Å²) in [5.74, 6) is -0.216. The second-order valence-electron chi connectivity index (χ2n) is 4.64. The van der Waals surface area contributed by atoms with Crippen molar-refractivity contribution in [3.05, 3.63) is 70.1 Å². The van der Waals surface area contributed by atoms with Crippen LogP contribution in [0, 0.1) is 12.7 Å². The first kappa shape index (κ1) is 12.4. The molecule has 2 aromatic carbocycles. The van der Waals surface area contributed by atoms with Gasteiger partial charge in [0.1, 0.15) is 5.82 Å². The van der Waals surface area contributed by atoms with Crippen LogP contribution in [0.4, 0.5) is 4.39 Å². The number of rotatable bonds is 2. The minimum atomic E-state index is -0.216. The molecule has 1 aromatic heterocycles. The highest BCUT2D eigenvalue weighted by atomic mass is 79.9. The van der Waals surface area contributed by atoms with Crippen LogP contribution in [-0.2, 0) is 6.54 Å². The summed E-state index contributed by atoms with van der Waals surface area (Å²) in [4.78, 5) is 0. The minimum Gasteiger partial charge on any atom is -0.340 e. The second kappa shape index (κ2) is 4.82. The average Bonchev–Trinajstić information content (AvgIpc) is 2.72. The fourth-order valence-corrected chi connectivity index (χ4v) is 2.79. The Hall–Kier alpha value is -1.61. The third kappa shape index (κ3) is 2.19. The van der Waals surface area contributed by atoms with Gasteiger partial charge in [-0.2, -0.15) is 0 Å². The summed E-state index contributed by atoms with van der Waals surface area (Å²) in [5.41, 5.74) is 3.30. The molecular formula is C16H13BrFN. The zero-order valence-electron chi connectivity index (χ0n) is 10.5. The van der Waals surface area contributed by atoms with Crippen molar-refractivity contribution in [2.75, 3.05) is 0 Å². The molecule has 0 aliphatic carbocycles. The standard InChI is InChI=1S/C16H13BrFN/c1-11-9-12-5-2-3-8-15(12)19(11)10-13-6-4-7-14(18)16(13)17/h2-9H,10H2,1H3. The highest BCUT2D eigenvalue weighted by molar-refractivity contribution is 9.10. The first-order valence-corrected chi connectivity index (χ1v) is 6.94. The molecule has 19 heavy (non-hydrogen) atoms. The summed E-state index contributed by atoms with van der Waals surface area (Å²) in [7, 11) is 0. The third-order valence-electron chi connectivity index (χ3n) is 3.38. The second-order valence-corrected chi connectivity index (χ2v) is 5.44. The molecule has 3 aromatic rings. The summed E-state index contributed by atoms with van der Waals surface area (Å²) >= 11 is 3.33. The van der Waals surface area contributed by atoms with Crippen molar-refractivity contribution in [1.29, 1.82) is 0 Å². The SMILES string of the molecule is Cc1cc2ccccc2n1Cc1cccc(F)c1Br. The van der Waals surface area contributed by atoms with Gasteiger partial charge in [-0.05, 0) is 52.0 Å². The number of hydrogen-bond donors (Lipinski definition) is 0. The molecule has 0 fully saturated rings. The quantitative estimate of drug-likeness (QED) is 0.633. The zero-order valence-corrected chi connectivity index (χ0v) is 12.1. The van der Waals surface area contributed by atoms with Crippen molar-refractivity contribution in [2.45, 2.75) is 13.5 Å². The van der Waals surface area contributed by atoms with E-state index in [0.717, 1.165) is 5.56 Å². The van der Waals surface area contributed by atoms with Crippen molar-refractivity contribution in [3.63, 3.8) is 0 Å². The number of aromatic nitrogens is 1. The van der Waals surface area contributed by atoms with E-state index in [1.807, 2.05) is 18.2 Å². The molecule has 0 atom stereocenters. The predicted molar refractivity (Wildman–Crippen MR) is 79.9 cm³/mol. The fourth-order valence-electron chi connectivity index (χ4n) is 2.40. The summed E-state index contributed by atoms with van der Waals surface area (Å²) in [5, 5.41) is 1.22. The summed E-state index contributed by atoms with van der Waals surface area (Å²) in [6.07, 6.45) is 0. The van der Waals surface area contributed by atoms with E-state index in [1.165, 1.54) is 22.7 Å². The normalized spacial score (nSPS) is 11.1. The van der Waals surface area contributed by atoms with Gasteiger partial charge in [0.2, 0.25) is 0 Å². The first-order chi connectivity index (χ1) is 9.16. The molecule has 0 radical (unpaired) electrons. The minimum absolute atomic E-state index is 0.216. The van der Waals surface area contributed by atoms with Crippen LogP contribution in [0.1, 0.15) is 11.3 Å². The van der Waals surface area contributed by atoms with Crippen LogP contribution in [0.15, 0.2) is 53.0 Å². The Morgan fingerprint density at radius 2 is 1.89 bits per heavy atom.